The average Bonchev–Trinajstić information content (AvgIpc) is 2.65. The molecule has 2 fully saturated rings. The van der Waals surface area contributed by atoms with E-state index in [0.29, 0.717) is 19.0 Å². The molecule has 0 aliphatic heterocycles. The smallest absolute Gasteiger partial charge is 0.147 e. The highest BCUT2D eigenvalue weighted by Crippen LogP contribution is 2.41. The highest BCUT2D eigenvalue weighted by atomic mass is 16.7. The number of hydrogen-bond donors (Lipinski definition) is 0. The van der Waals surface area contributed by atoms with E-state index in [0.717, 1.165) is 38.0 Å². The van der Waals surface area contributed by atoms with Crippen LogP contribution in [-0.2, 0) is 9.47 Å². The maximum Gasteiger partial charge on any atom is 0.147 e. The lowest BCUT2D eigenvalue weighted by Crippen LogP contribution is -2.31. The maximum atomic E-state index is 9.62. The van der Waals surface area contributed by atoms with E-state index in [2.05, 4.69) is 19.9 Å². The van der Waals surface area contributed by atoms with E-state index in [1.54, 1.807) is 0 Å². The van der Waals surface area contributed by atoms with Crippen molar-refractivity contribution in [3.63, 3.8) is 0 Å². The Hall–Kier alpha value is -0.590. The van der Waals surface area contributed by atoms with Crippen LogP contribution in [0.3, 0.4) is 0 Å². The Kier molecular flexibility index (Phi) is 9.28. The van der Waals surface area contributed by atoms with E-state index in [9.17, 15) is 5.26 Å². The van der Waals surface area contributed by atoms with Gasteiger partial charge in [-0.2, -0.15) is 5.26 Å². The lowest BCUT2D eigenvalue weighted by atomic mass is 9.71. The van der Waals surface area contributed by atoms with Crippen LogP contribution in [0.4, 0.5) is 0 Å². The predicted molar refractivity (Wildman–Crippen MR) is 102 cm³/mol. The number of rotatable bonds is 10. The predicted octanol–water partition coefficient (Wildman–Crippen LogP) is 6.37. The molecule has 0 aromatic carbocycles. The molecular formula is C22H39NO2. The lowest BCUT2D eigenvalue weighted by Gasteiger charge is -2.35. The van der Waals surface area contributed by atoms with E-state index in [-0.39, 0.29) is 5.41 Å². The summed E-state index contributed by atoms with van der Waals surface area (Å²) in [5.41, 5.74) is -0.0758. The third-order valence-electron chi connectivity index (χ3n) is 6.48. The fraction of sp³-hybridized carbons (Fsp3) is 0.955. The first kappa shape index (κ1) is 20.7. The first-order chi connectivity index (χ1) is 12.2. The normalized spacial score (nSPS) is 33.1. The van der Waals surface area contributed by atoms with E-state index in [1.807, 2.05) is 0 Å². The SMILES string of the molecule is CCCCC[C@]1(C#N)CC[C@H](OCO[C@H]2CC[C@H](CCC)CC2)CC1. The molecule has 25 heavy (non-hydrogen) atoms. The summed E-state index contributed by atoms with van der Waals surface area (Å²) in [6.45, 7) is 4.95. The average molecular weight is 350 g/mol. The van der Waals surface area contributed by atoms with Crippen molar-refractivity contribution in [2.24, 2.45) is 11.3 Å². The second kappa shape index (κ2) is 11.2. The zero-order valence-electron chi connectivity index (χ0n) is 16.6. The van der Waals surface area contributed by atoms with E-state index >= 15 is 0 Å². The molecule has 2 rings (SSSR count). The van der Waals surface area contributed by atoms with Crippen molar-refractivity contribution < 1.29 is 9.47 Å². The van der Waals surface area contributed by atoms with Gasteiger partial charge in [0.05, 0.1) is 23.7 Å². The molecule has 0 saturated heterocycles. The topological polar surface area (TPSA) is 42.2 Å². The van der Waals surface area contributed by atoms with Gasteiger partial charge in [0.15, 0.2) is 0 Å². The summed E-state index contributed by atoms with van der Waals surface area (Å²) in [6, 6.07) is 2.63. The molecule has 0 radical (unpaired) electrons. The molecule has 0 heterocycles. The van der Waals surface area contributed by atoms with Crippen LogP contribution in [0.5, 0.6) is 0 Å². The fourth-order valence-electron chi connectivity index (χ4n) is 4.67. The second-order valence-electron chi connectivity index (χ2n) is 8.43. The van der Waals surface area contributed by atoms with Crippen LogP contribution >= 0.6 is 0 Å². The Morgan fingerprint density at radius 3 is 2.08 bits per heavy atom. The zero-order valence-corrected chi connectivity index (χ0v) is 16.6. The van der Waals surface area contributed by atoms with E-state index in [4.69, 9.17) is 9.47 Å². The Morgan fingerprint density at radius 2 is 1.52 bits per heavy atom. The van der Waals surface area contributed by atoms with Crippen molar-refractivity contribution in [1.82, 2.24) is 0 Å². The van der Waals surface area contributed by atoms with Crippen LogP contribution in [0, 0.1) is 22.7 Å². The van der Waals surface area contributed by atoms with Crippen molar-refractivity contribution in [1.29, 1.82) is 5.26 Å². The molecule has 0 atom stereocenters. The molecule has 3 nitrogen and oxygen atoms in total. The summed E-state index contributed by atoms with van der Waals surface area (Å²) in [7, 11) is 0. The van der Waals surface area contributed by atoms with Gasteiger partial charge in [-0.1, -0.05) is 46.0 Å². The van der Waals surface area contributed by atoms with Gasteiger partial charge in [-0.25, -0.2) is 0 Å². The molecule has 2 aliphatic carbocycles. The van der Waals surface area contributed by atoms with Crippen LogP contribution in [0.25, 0.3) is 0 Å². The van der Waals surface area contributed by atoms with Gasteiger partial charge in [0.25, 0.3) is 0 Å². The summed E-state index contributed by atoms with van der Waals surface area (Å²) in [4.78, 5) is 0. The van der Waals surface area contributed by atoms with Gasteiger partial charge in [-0.15, -0.1) is 0 Å². The van der Waals surface area contributed by atoms with E-state index < -0.39 is 0 Å². The molecule has 144 valence electrons. The van der Waals surface area contributed by atoms with Crippen LogP contribution in [-0.4, -0.2) is 19.0 Å². The molecular weight excluding hydrogens is 310 g/mol. The van der Waals surface area contributed by atoms with E-state index in [1.165, 1.54) is 57.8 Å². The number of ether oxygens (including phenoxy) is 2. The number of nitrogens with zero attached hydrogens (tertiary/aromatic N) is 1. The van der Waals surface area contributed by atoms with Crippen molar-refractivity contribution in [3.05, 3.63) is 0 Å². The van der Waals surface area contributed by atoms with Crippen molar-refractivity contribution >= 4 is 0 Å². The number of hydrogen-bond acceptors (Lipinski definition) is 3. The Labute approximate surface area is 155 Å². The lowest BCUT2D eigenvalue weighted by molar-refractivity contribution is -0.137. The van der Waals surface area contributed by atoms with Crippen molar-refractivity contribution in [2.75, 3.05) is 6.79 Å². The van der Waals surface area contributed by atoms with Crippen molar-refractivity contribution in [3.8, 4) is 6.07 Å². The monoisotopic (exact) mass is 349 g/mol. The van der Waals surface area contributed by atoms with Crippen LogP contribution in [0.1, 0.15) is 104 Å². The molecule has 0 amide bonds. The zero-order chi connectivity index (χ0) is 18.0. The highest BCUT2D eigenvalue weighted by Gasteiger charge is 2.35. The molecule has 0 unspecified atom stereocenters. The van der Waals surface area contributed by atoms with Gasteiger partial charge >= 0.3 is 0 Å². The fourth-order valence-corrected chi connectivity index (χ4v) is 4.67. The Bertz CT molecular complexity index is 387. The van der Waals surface area contributed by atoms with Gasteiger partial charge in [0.2, 0.25) is 0 Å². The van der Waals surface area contributed by atoms with Gasteiger partial charge in [-0.3, -0.25) is 0 Å². The summed E-state index contributed by atoms with van der Waals surface area (Å²) < 4.78 is 12.0. The minimum atomic E-state index is -0.0758. The van der Waals surface area contributed by atoms with Crippen LogP contribution in [0.2, 0.25) is 0 Å². The maximum absolute atomic E-state index is 9.62. The molecule has 2 aliphatic rings. The van der Waals surface area contributed by atoms with Gasteiger partial charge in [0.1, 0.15) is 6.79 Å². The third kappa shape index (κ3) is 6.91. The summed E-state index contributed by atoms with van der Waals surface area (Å²) in [5.74, 6) is 0.927. The summed E-state index contributed by atoms with van der Waals surface area (Å²) >= 11 is 0. The quantitative estimate of drug-likeness (QED) is 0.340. The van der Waals surface area contributed by atoms with Crippen LogP contribution in [0.15, 0.2) is 0 Å². The van der Waals surface area contributed by atoms with Gasteiger partial charge in [-0.05, 0) is 63.7 Å². The highest BCUT2D eigenvalue weighted by molar-refractivity contribution is 5.01. The number of nitriles is 1. The van der Waals surface area contributed by atoms with Crippen molar-refractivity contribution in [2.45, 2.75) is 116 Å². The Balaban J connectivity index is 1.58. The van der Waals surface area contributed by atoms with Crippen LogP contribution < -0.4 is 0 Å². The summed E-state index contributed by atoms with van der Waals surface area (Å²) in [6.07, 6.45) is 17.2. The minimum Gasteiger partial charge on any atom is -0.352 e. The third-order valence-corrected chi connectivity index (χ3v) is 6.48. The molecule has 0 aromatic rings. The first-order valence-corrected chi connectivity index (χ1v) is 10.9. The minimum absolute atomic E-state index is 0.0758. The van der Waals surface area contributed by atoms with Gasteiger partial charge in [0, 0.05) is 0 Å². The largest absolute Gasteiger partial charge is 0.352 e. The standard InChI is InChI=1S/C22H39NO2/c1-3-5-6-14-22(17-23)15-12-21(13-16-22)25-18-24-20-10-8-19(7-4-2)9-11-20/h19-21H,3-16,18H2,1-2H3/t19-,20-,21-,22-. The summed E-state index contributed by atoms with van der Waals surface area (Å²) in [5, 5.41) is 9.62. The first-order valence-electron chi connectivity index (χ1n) is 10.9. The molecule has 0 bridgehead atoms. The molecule has 3 heteroatoms. The molecule has 2 saturated carbocycles. The molecule has 0 N–H and O–H groups in total. The second-order valence-corrected chi connectivity index (χ2v) is 8.43. The Morgan fingerprint density at radius 1 is 0.880 bits per heavy atom. The van der Waals surface area contributed by atoms with Gasteiger partial charge < -0.3 is 9.47 Å². The number of unbranched alkanes of at least 4 members (excludes halogenated alkanes) is 2. The molecule has 0 spiro atoms. The molecule has 0 aromatic heterocycles.